The Morgan fingerprint density at radius 2 is 1.52 bits per heavy atom. The Morgan fingerprint density at radius 3 is 2.07 bits per heavy atom. The van der Waals surface area contributed by atoms with Crippen LogP contribution in [-0.2, 0) is 38.9 Å². The molecule has 0 saturated carbocycles. The average Bonchev–Trinajstić information content (AvgIpc) is 3.15. The van der Waals surface area contributed by atoms with Crippen LogP contribution in [0.15, 0.2) is 96.2 Å². The third kappa shape index (κ3) is 11.3. The van der Waals surface area contributed by atoms with Crippen molar-refractivity contribution in [2.75, 3.05) is 26.6 Å². The number of amides is 1. The summed E-state index contributed by atoms with van der Waals surface area (Å²) in [6.45, 7) is 9.77. The number of benzene rings is 4. The third-order valence-corrected chi connectivity index (χ3v) is 10.7. The number of azo groups is 2. The van der Waals surface area contributed by atoms with Crippen molar-refractivity contribution in [1.29, 1.82) is 0 Å². The fourth-order valence-electron chi connectivity index (χ4n) is 5.11. The van der Waals surface area contributed by atoms with Crippen LogP contribution >= 0.6 is 12.0 Å². The van der Waals surface area contributed by atoms with Crippen molar-refractivity contribution in [3.05, 3.63) is 72.2 Å². The molecule has 0 spiro atoms. The second kappa shape index (κ2) is 21.5. The Balaban J connectivity index is 0.00000580. The van der Waals surface area contributed by atoms with E-state index in [-0.39, 0.29) is 121 Å². The van der Waals surface area contributed by atoms with Gasteiger partial charge in [0.2, 0.25) is 15.9 Å². The Hall–Kier alpha value is -3.75. The number of phenols is 1. The minimum absolute atomic E-state index is 0. The van der Waals surface area contributed by atoms with Crippen LogP contribution in [0.3, 0.4) is 0 Å². The number of ketones is 1. The van der Waals surface area contributed by atoms with E-state index < -0.39 is 59.4 Å². The largest absolute Gasteiger partial charge is 1.00 e. The van der Waals surface area contributed by atoms with Gasteiger partial charge in [-0.1, -0.05) is 19.2 Å². The van der Waals surface area contributed by atoms with Crippen LogP contribution in [0.1, 0.15) is 18.1 Å². The minimum Gasteiger partial charge on any atom is -0.744 e. The zero-order chi connectivity index (χ0) is 41.5. The summed E-state index contributed by atoms with van der Waals surface area (Å²) in [4.78, 5) is 24.4. The van der Waals surface area contributed by atoms with E-state index in [2.05, 4.69) is 48.3 Å². The van der Waals surface area contributed by atoms with Gasteiger partial charge in [0.05, 0.1) is 48.9 Å². The predicted molar refractivity (Wildman–Crippen MR) is 198 cm³/mol. The number of rotatable bonds is 17. The van der Waals surface area contributed by atoms with Crippen molar-refractivity contribution >= 4 is 83.3 Å². The average molecular weight is 876 g/mol. The summed E-state index contributed by atoms with van der Waals surface area (Å²) in [7, 11) is -5.76. The number of nitrogens with zero attached hydrogens (tertiary/aromatic N) is 4. The number of hydrogen-bond acceptors (Lipinski definition) is 19. The number of carbonyl (C=O) groups is 2. The smallest absolute Gasteiger partial charge is 0.744 e. The van der Waals surface area contributed by atoms with Crippen molar-refractivity contribution in [1.82, 2.24) is 0 Å². The predicted octanol–water partition coefficient (Wildman–Crippen LogP) is -0.322. The van der Waals surface area contributed by atoms with E-state index in [4.69, 9.17) is 14.2 Å². The molecule has 0 aliphatic heterocycles. The van der Waals surface area contributed by atoms with Crippen LogP contribution in [0.2, 0.25) is 0 Å². The van der Waals surface area contributed by atoms with Gasteiger partial charge in [0.25, 0.3) is 5.91 Å². The molecule has 0 saturated heterocycles. The van der Waals surface area contributed by atoms with Gasteiger partial charge in [-0.2, -0.15) is 14.6 Å². The fraction of sp³-hybridized carbons (Fsp3) is 0.176. The number of aryl methyl sites for hydroxylation is 1. The number of hydrogen-bond donors (Lipinski definition) is 2. The van der Waals surface area contributed by atoms with Gasteiger partial charge in [-0.3, -0.25) is 14.6 Å². The zero-order valence-electron chi connectivity index (χ0n) is 32.0. The zero-order valence-corrected chi connectivity index (χ0v) is 38.4. The third-order valence-electron chi connectivity index (χ3n) is 7.79. The quantitative estimate of drug-likeness (QED) is 0.0262. The van der Waals surface area contributed by atoms with Crippen LogP contribution in [0.25, 0.3) is 16.8 Å². The number of carbonyl (C=O) groups excluding carboxylic acids is 2. The molecule has 0 radical (unpaired) electrons. The number of ether oxygens (including phenoxy) is 3. The van der Waals surface area contributed by atoms with Crippen molar-refractivity contribution in [3.63, 3.8) is 0 Å². The van der Waals surface area contributed by atoms with Crippen LogP contribution < -0.4 is 83.9 Å². The number of nitrogens with one attached hydrogen (secondary N) is 1. The molecule has 58 heavy (non-hydrogen) atoms. The number of methoxy groups -OCH3 is 3. The second-order valence-corrected chi connectivity index (χ2v) is 15.1. The van der Waals surface area contributed by atoms with Crippen LogP contribution in [-0.4, -0.2) is 65.6 Å². The summed E-state index contributed by atoms with van der Waals surface area (Å²) < 4.78 is 83.3. The summed E-state index contributed by atoms with van der Waals surface area (Å²) in [6.07, 6.45) is 1.60. The normalized spacial score (nSPS) is 12.1. The van der Waals surface area contributed by atoms with Gasteiger partial charge < -0.3 is 34.4 Å². The van der Waals surface area contributed by atoms with Gasteiger partial charge in [0, 0.05) is 28.3 Å². The van der Waals surface area contributed by atoms with Crippen LogP contribution in [0, 0.1) is 6.92 Å². The molecule has 1 amide bonds. The van der Waals surface area contributed by atoms with Crippen molar-refractivity contribution in [2.24, 2.45) is 20.5 Å². The first-order valence-electron chi connectivity index (χ1n) is 15.5. The summed E-state index contributed by atoms with van der Waals surface area (Å²) in [5.41, 5.74) is 0.551. The van der Waals surface area contributed by atoms with E-state index in [0.29, 0.717) is 5.41 Å². The molecule has 1 unspecified atom stereocenters. The molecule has 2 N–H and O–H groups in total. The van der Waals surface area contributed by atoms with Gasteiger partial charge in [-0.15, -0.1) is 10.2 Å². The van der Waals surface area contributed by atoms with E-state index in [0.717, 1.165) is 48.4 Å². The van der Waals surface area contributed by atoms with Gasteiger partial charge in [-0.25, -0.2) is 16.8 Å². The number of Topliss-reactive ketones (excluding diaryl/α,β-unsaturated/α-hetero) is 1. The first-order chi connectivity index (χ1) is 26.5. The second-order valence-electron chi connectivity index (χ2n) is 11.2. The summed E-state index contributed by atoms with van der Waals surface area (Å²) in [5, 5.41) is 43.5. The van der Waals surface area contributed by atoms with Crippen molar-refractivity contribution in [2.45, 2.75) is 34.6 Å². The minimum atomic E-state index is -5.51. The fourth-order valence-corrected chi connectivity index (χ4v) is 7.29. The summed E-state index contributed by atoms with van der Waals surface area (Å²) in [5.74, 6) is -2.92. The van der Waals surface area contributed by atoms with E-state index >= 15 is 0 Å². The first kappa shape index (κ1) is 50.4. The van der Waals surface area contributed by atoms with Gasteiger partial charge in [0.15, 0.2) is 11.5 Å². The molecule has 0 aliphatic rings. The maximum atomic E-state index is 13.5. The summed E-state index contributed by atoms with van der Waals surface area (Å²) >= 11 is 0.185. The molecule has 4 aromatic carbocycles. The standard InChI is InChI=1S/C34H33N5O14S3.2Na/c1-8-19-13-25(49-5)23(12-17(19)3)36-39-31-28(54-53-52-43)14-21-20(32(31)41)10-11-22(33(21)56(46,47)48)35-34(42)30(18(4)40)38-37-24-15-27(51-7)29(16-26(24)50-6)55(44,45)9-2;;/h8-16,30,41,43H,1-2H2,3-7H3,(H,35,42)(H,46,47,48);;/q;2*+1/p-2. The number of aromatic hydroxyl groups is 1. The Kier molecular flexibility index (Phi) is 18.7. The molecule has 296 valence electrons. The molecule has 0 bridgehead atoms. The first-order valence-corrected chi connectivity index (χ1v) is 19.2. The van der Waals surface area contributed by atoms with E-state index in [1.165, 1.54) is 21.3 Å². The van der Waals surface area contributed by atoms with E-state index in [1.54, 1.807) is 25.1 Å². The molecular formula is C34H31N5Na2O14S3. The maximum absolute atomic E-state index is 13.5. The molecule has 0 fully saturated rings. The molecule has 0 heterocycles. The van der Waals surface area contributed by atoms with Crippen molar-refractivity contribution in [3.8, 4) is 23.0 Å². The molecule has 4 rings (SSSR count). The van der Waals surface area contributed by atoms with Gasteiger partial charge in [0.1, 0.15) is 49.3 Å². The van der Waals surface area contributed by atoms with Crippen molar-refractivity contribution < 1.29 is 124 Å². The molecule has 4 aromatic rings. The Morgan fingerprint density at radius 1 is 0.897 bits per heavy atom. The molecule has 0 aliphatic carbocycles. The van der Waals surface area contributed by atoms with E-state index in [9.17, 15) is 41.3 Å². The summed E-state index contributed by atoms with van der Waals surface area (Å²) in [6, 6.07) is 6.60. The monoisotopic (exact) mass is 875 g/mol. The number of phenolic OH excluding ortho intramolecular Hbond substituents is 1. The molecule has 24 heteroatoms. The Labute approximate surface area is 380 Å². The number of sulfone groups is 1. The SMILES string of the molecule is C=Cc1cc(OC)c(N=Nc2c(SOO[O-])cc3c(S(=O)(=O)[O-])c(NC(=O)C(N=Nc4cc(OC)c(S(=O)(=O)C=C)cc4OC)C(C)=O)ccc3c2O)cc1C.[Na+].[Na+]. The van der Waals surface area contributed by atoms with Gasteiger partial charge >= 0.3 is 59.1 Å². The number of anilines is 1. The topological polar surface area (TPSA) is 276 Å². The molecular weight excluding hydrogens is 845 g/mol. The molecule has 19 nitrogen and oxygen atoms in total. The van der Waals surface area contributed by atoms with Crippen LogP contribution in [0.5, 0.6) is 23.0 Å². The molecule has 1 atom stereocenters. The molecule has 0 aromatic heterocycles. The Bertz CT molecular complexity index is 2540. The van der Waals surface area contributed by atoms with Crippen LogP contribution in [0.4, 0.5) is 22.7 Å². The van der Waals surface area contributed by atoms with E-state index in [1.807, 2.05) is 0 Å². The van der Waals surface area contributed by atoms with Gasteiger partial charge in [-0.05, 0) is 55.3 Å². The number of fused-ring (bicyclic) bond motifs is 1. The maximum Gasteiger partial charge on any atom is 1.00 e.